The fourth-order valence-corrected chi connectivity index (χ4v) is 1.61. The molecule has 18 heavy (non-hydrogen) atoms. The molecule has 1 aromatic rings. The van der Waals surface area contributed by atoms with Gasteiger partial charge in [-0.15, -0.1) is 0 Å². The summed E-state index contributed by atoms with van der Waals surface area (Å²) in [6, 6.07) is 5.83. The van der Waals surface area contributed by atoms with Gasteiger partial charge in [-0.2, -0.15) is 5.06 Å². The Labute approximate surface area is 102 Å². The lowest BCUT2D eigenvalue weighted by molar-refractivity contribution is -0.142. The smallest absolute Gasteiger partial charge is 0.281 e. The molecule has 0 aliphatic carbocycles. The molecule has 4 nitrogen and oxygen atoms in total. The average molecular weight is 250 g/mol. The molecule has 7 heteroatoms. The number of nitrogens with zero attached hydrogens (tertiary/aromatic N) is 2. The highest BCUT2D eigenvalue weighted by Gasteiger charge is 2.27. The van der Waals surface area contributed by atoms with Crippen molar-refractivity contribution in [2.24, 2.45) is 4.99 Å². The number of aliphatic imine (C=N–C) groups is 1. The summed E-state index contributed by atoms with van der Waals surface area (Å²) in [6.07, 6.45) is 1.24. The molecular formula is C11H9BF2N2O2. The van der Waals surface area contributed by atoms with E-state index in [1.54, 1.807) is 6.07 Å². The largest absolute Gasteiger partial charge is 0.572 e. The van der Waals surface area contributed by atoms with Gasteiger partial charge < -0.3 is 0 Å². The molecule has 1 N–H and O–H groups in total. The lowest BCUT2D eigenvalue weighted by atomic mass is 9.82. The number of halogens is 2. The van der Waals surface area contributed by atoms with Crippen LogP contribution in [0.5, 0.6) is 0 Å². The van der Waals surface area contributed by atoms with Gasteiger partial charge in [0.2, 0.25) is 0 Å². The molecule has 1 aliphatic heterocycles. The van der Waals surface area contributed by atoms with Crippen molar-refractivity contribution in [3.05, 3.63) is 35.5 Å². The molecule has 0 spiro atoms. The summed E-state index contributed by atoms with van der Waals surface area (Å²) in [4.78, 5) is 15.3. The minimum absolute atomic E-state index is 0.0666. The third-order valence-electron chi connectivity index (χ3n) is 2.52. The van der Waals surface area contributed by atoms with Crippen LogP contribution in [-0.4, -0.2) is 29.3 Å². The van der Waals surface area contributed by atoms with Gasteiger partial charge in [-0.3, -0.25) is 18.6 Å². The van der Waals surface area contributed by atoms with E-state index in [-0.39, 0.29) is 22.6 Å². The van der Waals surface area contributed by atoms with E-state index in [0.29, 0.717) is 5.06 Å². The van der Waals surface area contributed by atoms with E-state index in [9.17, 15) is 18.6 Å². The van der Waals surface area contributed by atoms with Gasteiger partial charge in [-0.25, -0.2) is 4.99 Å². The van der Waals surface area contributed by atoms with Gasteiger partial charge >= 0.3 is 13.2 Å². The van der Waals surface area contributed by atoms with E-state index in [4.69, 9.17) is 0 Å². The molecule has 0 bridgehead atoms. The Kier molecular flexibility index (Phi) is 3.25. The molecule has 1 heterocycles. The Hall–Kier alpha value is -2.02. The normalized spacial score (nSPS) is 17.3. The van der Waals surface area contributed by atoms with E-state index >= 15 is 0 Å². The molecule has 1 aromatic carbocycles. The highest BCUT2D eigenvalue weighted by Crippen LogP contribution is 2.16. The average Bonchev–Trinajstić information content (AvgIpc) is 2.57. The SMILES string of the molecule is CC1=N/C(=C/c2ccccc2B(F)F)C(=O)N1O. The number of benzene rings is 1. The summed E-state index contributed by atoms with van der Waals surface area (Å²) >= 11 is 0. The summed E-state index contributed by atoms with van der Waals surface area (Å²) in [5, 5.41) is 9.64. The second-order valence-electron chi connectivity index (χ2n) is 3.74. The van der Waals surface area contributed by atoms with E-state index in [0.717, 1.165) is 0 Å². The van der Waals surface area contributed by atoms with Crippen molar-refractivity contribution in [1.29, 1.82) is 0 Å². The summed E-state index contributed by atoms with van der Waals surface area (Å²) in [6.45, 7) is 1.44. The van der Waals surface area contributed by atoms with Gasteiger partial charge in [-0.05, 0) is 24.0 Å². The van der Waals surface area contributed by atoms with Crippen LogP contribution in [0.25, 0.3) is 6.08 Å². The fraction of sp³-hybridized carbons (Fsp3) is 0.0909. The Bertz CT molecular complexity index is 558. The molecular weight excluding hydrogens is 241 g/mol. The van der Waals surface area contributed by atoms with Crippen LogP contribution in [0.2, 0.25) is 0 Å². The molecule has 0 saturated carbocycles. The summed E-state index contributed by atoms with van der Waals surface area (Å²) in [7, 11) is -2.63. The zero-order valence-electron chi connectivity index (χ0n) is 9.47. The number of carbonyl (C=O) groups excluding carboxylic acids is 1. The van der Waals surface area contributed by atoms with Crippen LogP contribution in [0, 0.1) is 0 Å². The van der Waals surface area contributed by atoms with Crippen LogP contribution in [0.1, 0.15) is 12.5 Å². The Morgan fingerprint density at radius 1 is 1.39 bits per heavy atom. The second kappa shape index (κ2) is 4.69. The second-order valence-corrected chi connectivity index (χ2v) is 3.74. The van der Waals surface area contributed by atoms with Gasteiger partial charge in [0.05, 0.1) is 0 Å². The maximum Gasteiger partial charge on any atom is 0.572 e. The number of hydrogen-bond donors (Lipinski definition) is 1. The van der Waals surface area contributed by atoms with Crippen LogP contribution >= 0.6 is 0 Å². The lowest BCUT2D eigenvalue weighted by Crippen LogP contribution is -2.26. The predicted octanol–water partition coefficient (Wildman–Crippen LogP) is 1.31. The van der Waals surface area contributed by atoms with Gasteiger partial charge in [0.25, 0.3) is 0 Å². The zero-order valence-corrected chi connectivity index (χ0v) is 9.47. The van der Waals surface area contributed by atoms with Crippen LogP contribution in [0.3, 0.4) is 0 Å². The first-order chi connectivity index (χ1) is 8.50. The Morgan fingerprint density at radius 2 is 2.06 bits per heavy atom. The summed E-state index contributed by atoms with van der Waals surface area (Å²) < 4.78 is 25.5. The monoisotopic (exact) mass is 250 g/mol. The lowest BCUT2D eigenvalue weighted by Gasteiger charge is -2.04. The number of amides is 1. The van der Waals surface area contributed by atoms with Gasteiger partial charge in [0.15, 0.2) is 0 Å². The quantitative estimate of drug-likeness (QED) is 0.488. The van der Waals surface area contributed by atoms with Crippen LogP contribution < -0.4 is 5.46 Å². The molecule has 2 rings (SSSR count). The standard InChI is InChI=1S/C11H9BF2N2O2/c1-7-15-10(11(17)16(7)18)6-8-4-2-3-5-9(8)12(13)14/h2-6,18H,1H3/b10-6+. The van der Waals surface area contributed by atoms with Crippen molar-refractivity contribution in [3.63, 3.8) is 0 Å². The minimum Gasteiger partial charge on any atom is -0.281 e. The highest BCUT2D eigenvalue weighted by molar-refractivity contribution is 6.61. The maximum atomic E-state index is 12.7. The van der Waals surface area contributed by atoms with Gasteiger partial charge in [0.1, 0.15) is 11.5 Å². The minimum atomic E-state index is -2.63. The molecule has 0 unspecified atom stereocenters. The summed E-state index contributed by atoms with van der Waals surface area (Å²) in [5.74, 6) is -0.614. The first-order valence-electron chi connectivity index (χ1n) is 5.18. The third kappa shape index (κ3) is 2.17. The van der Waals surface area contributed by atoms with Crippen LogP contribution in [-0.2, 0) is 4.79 Å². The Morgan fingerprint density at radius 3 is 2.61 bits per heavy atom. The van der Waals surface area contributed by atoms with Crippen molar-refractivity contribution < 1.29 is 18.6 Å². The van der Waals surface area contributed by atoms with Crippen molar-refractivity contribution in [3.8, 4) is 0 Å². The molecule has 0 radical (unpaired) electrons. The molecule has 1 aliphatic rings. The maximum absolute atomic E-state index is 12.7. The predicted molar refractivity (Wildman–Crippen MR) is 63.8 cm³/mol. The van der Waals surface area contributed by atoms with Crippen molar-refractivity contribution in [2.45, 2.75) is 6.92 Å². The van der Waals surface area contributed by atoms with Crippen molar-refractivity contribution in [2.75, 3.05) is 0 Å². The third-order valence-corrected chi connectivity index (χ3v) is 2.52. The number of hydroxylamine groups is 2. The molecule has 0 atom stereocenters. The fourth-order valence-electron chi connectivity index (χ4n) is 1.61. The van der Waals surface area contributed by atoms with E-state index in [2.05, 4.69) is 4.99 Å². The van der Waals surface area contributed by atoms with Crippen molar-refractivity contribution in [1.82, 2.24) is 5.06 Å². The molecule has 92 valence electrons. The first kappa shape index (κ1) is 12.4. The van der Waals surface area contributed by atoms with E-state index in [1.807, 2.05) is 0 Å². The highest BCUT2D eigenvalue weighted by atomic mass is 19.2. The first-order valence-corrected chi connectivity index (χ1v) is 5.18. The van der Waals surface area contributed by atoms with Crippen molar-refractivity contribution >= 4 is 30.5 Å². The molecule has 0 aromatic heterocycles. The molecule has 0 fully saturated rings. The zero-order chi connectivity index (χ0) is 13.3. The molecule has 0 saturated heterocycles. The van der Waals surface area contributed by atoms with Crippen LogP contribution in [0.4, 0.5) is 8.63 Å². The Balaban J connectivity index is 2.44. The van der Waals surface area contributed by atoms with Crippen LogP contribution in [0.15, 0.2) is 35.0 Å². The number of amidine groups is 1. The van der Waals surface area contributed by atoms with E-state index < -0.39 is 13.2 Å². The summed E-state index contributed by atoms with van der Waals surface area (Å²) in [5.41, 5.74) is -0.0344. The molecule has 1 amide bonds. The van der Waals surface area contributed by atoms with Gasteiger partial charge in [-0.1, -0.05) is 24.3 Å². The number of rotatable bonds is 2. The van der Waals surface area contributed by atoms with E-state index in [1.165, 1.54) is 31.2 Å². The number of hydrogen-bond acceptors (Lipinski definition) is 3. The topological polar surface area (TPSA) is 52.9 Å². The number of carbonyl (C=O) groups is 1. The van der Waals surface area contributed by atoms with Gasteiger partial charge in [0, 0.05) is 0 Å².